The average molecular weight is 326 g/mol. The fourth-order valence-corrected chi connectivity index (χ4v) is 2.92. The third-order valence-electron chi connectivity index (χ3n) is 3.97. The van der Waals surface area contributed by atoms with E-state index >= 15 is 0 Å². The van der Waals surface area contributed by atoms with Crippen LogP contribution in [0.15, 0.2) is 42.6 Å². The van der Waals surface area contributed by atoms with Crippen molar-refractivity contribution in [1.29, 1.82) is 0 Å². The van der Waals surface area contributed by atoms with Gasteiger partial charge < -0.3 is 14.8 Å². The van der Waals surface area contributed by atoms with Crippen LogP contribution in [-0.4, -0.2) is 23.2 Å². The van der Waals surface area contributed by atoms with Crippen molar-refractivity contribution in [2.24, 2.45) is 0 Å². The first-order valence-electron chi connectivity index (χ1n) is 8.16. The molecule has 1 aliphatic heterocycles. The molecular weight excluding hydrogens is 304 g/mol. The Morgan fingerprint density at radius 3 is 2.83 bits per heavy atom. The Morgan fingerprint density at radius 1 is 1.33 bits per heavy atom. The van der Waals surface area contributed by atoms with Gasteiger partial charge in [-0.25, -0.2) is 9.78 Å². The third kappa shape index (κ3) is 3.50. The van der Waals surface area contributed by atoms with Gasteiger partial charge in [0.15, 0.2) is 0 Å². The lowest BCUT2D eigenvalue weighted by atomic mass is 9.90. The van der Waals surface area contributed by atoms with Crippen molar-refractivity contribution in [2.75, 3.05) is 11.9 Å². The molecule has 0 saturated carbocycles. The number of carbonyl (C=O) groups is 1. The van der Waals surface area contributed by atoms with Crippen molar-refractivity contribution in [1.82, 2.24) is 4.98 Å². The molecule has 2 heterocycles. The maximum Gasteiger partial charge on any atom is 0.339 e. The highest BCUT2D eigenvalue weighted by Gasteiger charge is 2.33. The van der Waals surface area contributed by atoms with Crippen molar-refractivity contribution in [2.45, 2.75) is 38.8 Å². The highest BCUT2D eigenvalue weighted by Crippen LogP contribution is 2.40. The first-order valence-corrected chi connectivity index (χ1v) is 8.16. The van der Waals surface area contributed by atoms with Gasteiger partial charge in [0.1, 0.15) is 17.2 Å². The Bertz CT molecular complexity index is 726. The monoisotopic (exact) mass is 326 g/mol. The molecule has 0 aliphatic carbocycles. The van der Waals surface area contributed by atoms with E-state index in [1.807, 2.05) is 18.2 Å². The topological polar surface area (TPSA) is 60.5 Å². The van der Waals surface area contributed by atoms with E-state index in [0.717, 1.165) is 23.6 Å². The Hall–Kier alpha value is -2.56. The summed E-state index contributed by atoms with van der Waals surface area (Å²) in [6.45, 7) is 6.29. The standard InChI is InChI=1S/C19H22N2O3/c1-4-23-18(22)13-9-10-17(20-12-13)21-15-11-19(2,3)24-16-8-6-5-7-14(15)16/h5-10,12,15H,4,11H2,1-3H3,(H,20,21). The van der Waals surface area contributed by atoms with Crippen molar-refractivity contribution < 1.29 is 14.3 Å². The van der Waals surface area contributed by atoms with Crippen LogP contribution in [0.25, 0.3) is 0 Å². The number of carbonyl (C=O) groups excluding carboxylic acids is 1. The summed E-state index contributed by atoms with van der Waals surface area (Å²) in [6.07, 6.45) is 2.36. The van der Waals surface area contributed by atoms with E-state index in [1.165, 1.54) is 6.20 Å². The zero-order valence-electron chi connectivity index (χ0n) is 14.2. The number of para-hydroxylation sites is 1. The molecular formula is C19H22N2O3. The summed E-state index contributed by atoms with van der Waals surface area (Å²) in [7, 11) is 0. The van der Waals surface area contributed by atoms with E-state index in [2.05, 4.69) is 30.2 Å². The van der Waals surface area contributed by atoms with Gasteiger partial charge in [0, 0.05) is 18.2 Å². The van der Waals surface area contributed by atoms with Crippen LogP contribution in [0.1, 0.15) is 49.2 Å². The predicted molar refractivity (Wildman–Crippen MR) is 92.3 cm³/mol. The van der Waals surface area contributed by atoms with Gasteiger partial charge in [0.05, 0.1) is 18.2 Å². The molecule has 0 spiro atoms. The molecule has 5 heteroatoms. The summed E-state index contributed by atoms with van der Waals surface area (Å²) in [5.74, 6) is 1.27. The fraction of sp³-hybridized carbons (Fsp3) is 0.368. The van der Waals surface area contributed by atoms with Gasteiger partial charge in [0.25, 0.3) is 0 Å². The van der Waals surface area contributed by atoms with Crippen LogP contribution >= 0.6 is 0 Å². The number of ether oxygens (including phenoxy) is 2. The maximum atomic E-state index is 11.7. The second-order valence-electron chi connectivity index (χ2n) is 6.45. The number of hydrogen-bond donors (Lipinski definition) is 1. The van der Waals surface area contributed by atoms with Crippen LogP contribution < -0.4 is 10.1 Å². The normalized spacial score (nSPS) is 18.2. The van der Waals surface area contributed by atoms with E-state index in [0.29, 0.717) is 12.2 Å². The number of aromatic nitrogens is 1. The lowest BCUT2D eigenvalue weighted by Gasteiger charge is -2.38. The summed E-state index contributed by atoms with van der Waals surface area (Å²) >= 11 is 0. The second kappa shape index (κ2) is 6.51. The summed E-state index contributed by atoms with van der Waals surface area (Å²) < 4.78 is 11.0. The van der Waals surface area contributed by atoms with Crippen LogP contribution in [-0.2, 0) is 4.74 Å². The van der Waals surface area contributed by atoms with Gasteiger partial charge in [-0.15, -0.1) is 0 Å². The van der Waals surface area contributed by atoms with E-state index < -0.39 is 0 Å². The minimum atomic E-state index is -0.353. The summed E-state index contributed by atoms with van der Waals surface area (Å²) in [5.41, 5.74) is 1.32. The minimum absolute atomic E-state index is 0.103. The number of fused-ring (bicyclic) bond motifs is 1. The molecule has 1 aromatic carbocycles. The molecule has 0 saturated heterocycles. The molecule has 1 atom stereocenters. The SMILES string of the molecule is CCOC(=O)c1ccc(NC2CC(C)(C)Oc3ccccc32)nc1. The molecule has 0 bridgehead atoms. The molecule has 0 amide bonds. The highest BCUT2D eigenvalue weighted by molar-refractivity contribution is 5.89. The molecule has 24 heavy (non-hydrogen) atoms. The lowest BCUT2D eigenvalue weighted by molar-refractivity contribution is 0.0526. The van der Waals surface area contributed by atoms with E-state index in [9.17, 15) is 4.79 Å². The molecule has 0 radical (unpaired) electrons. The average Bonchev–Trinajstić information content (AvgIpc) is 2.54. The quantitative estimate of drug-likeness (QED) is 0.861. The largest absolute Gasteiger partial charge is 0.487 e. The number of nitrogens with zero attached hydrogens (tertiary/aromatic N) is 1. The van der Waals surface area contributed by atoms with Crippen molar-refractivity contribution in [3.8, 4) is 5.75 Å². The molecule has 126 valence electrons. The first kappa shape index (κ1) is 16.3. The van der Waals surface area contributed by atoms with Gasteiger partial charge in [-0.05, 0) is 39.0 Å². The minimum Gasteiger partial charge on any atom is -0.487 e. The zero-order chi connectivity index (χ0) is 17.2. The van der Waals surface area contributed by atoms with Gasteiger partial charge in [0.2, 0.25) is 0 Å². The predicted octanol–water partition coefficient (Wildman–Crippen LogP) is 3.97. The maximum absolute atomic E-state index is 11.7. The second-order valence-corrected chi connectivity index (χ2v) is 6.45. The van der Waals surface area contributed by atoms with Gasteiger partial charge in [-0.2, -0.15) is 0 Å². The number of nitrogens with one attached hydrogen (secondary N) is 1. The fourth-order valence-electron chi connectivity index (χ4n) is 2.92. The number of anilines is 1. The van der Waals surface area contributed by atoms with Crippen LogP contribution in [0.4, 0.5) is 5.82 Å². The molecule has 0 fully saturated rings. The van der Waals surface area contributed by atoms with Crippen LogP contribution in [0, 0.1) is 0 Å². The number of esters is 1. The number of hydrogen-bond acceptors (Lipinski definition) is 5. The van der Waals surface area contributed by atoms with E-state index in [1.54, 1.807) is 19.1 Å². The smallest absolute Gasteiger partial charge is 0.339 e. The Labute approximate surface area is 142 Å². The highest BCUT2D eigenvalue weighted by atomic mass is 16.5. The number of benzene rings is 1. The molecule has 1 unspecified atom stereocenters. The Morgan fingerprint density at radius 2 is 2.12 bits per heavy atom. The lowest BCUT2D eigenvalue weighted by Crippen LogP contribution is -2.37. The van der Waals surface area contributed by atoms with E-state index in [4.69, 9.17) is 9.47 Å². The molecule has 1 N–H and O–H groups in total. The molecule has 5 nitrogen and oxygen atoms in total. The van der Waals surface area contributed by atoms with Gasteiger partial charge in [-0.3, -0.25) is 0 Å². The first-order chi connectivity index (χ1) is 11.5. The molecule has 1 aliphatic rings. The number of rotatable bonds is 4. The van der Waals surface area contributed by atoms with Crippen molar-refractivity contribution in [3.63, 3.8) is 0 Å². The zero-order valence-corrected chi connectivity index (χ0v) is 14.2. The summed E-state index contributed by atoms with van der Waals surface area (Å²) in [4.78, 5) is 16.0. The van der Waals surface area contributed by atoms with Crippen LogP contribution in [0.2, 0.25) is 0 Å². The van der Waals surface area contributed by atoms with E-state index in [-0.39, 0.29) is 17.6 Å². The molecule has 2 aromatic rings. The summed E-state index contributed by atoms with van der Waals surface area (Å²) in [6, 6.07) is 11.7. The summed E-state index contributed by atoms with van der Waals surface area (Å²) in [5, 5.41) is 3.45. The van der Waals surface area contributed by atoms with Gasteiger partial charge >= 0.3 is 5.97 Å². The van der Waals surface area contributed by atoms with Crippen LogP contribution in [0.3, 0.4) is 0 Å². The molecule has 3 rings (SSSR count). The van der Waals surface area contributed by atoms with Crippen molar-refractivity contribution >= 4 is 11.8 Å². The van der Waals surface area contributed by atoms with Crippen molar-refractivity contribution in [3.05, 3.63) is 53.7 Å². The Kier molecular flexibility index (Phi) is 4.42. The third-order valence-corrected chi connectivity index (χ3v) is 3.97. The number of pyridine rings is 1. The van der Waals surface area contributed by atoms with Crippen LogP contribution in [0.5, 0.6) is 5.75 Å². The van der Waals surface area contributed by atoms with Gasteiger partial charge in [-0.1, -0.05) is 18.2 Å². The Balaban J connectivity index is 1.79. The molecule has 1 aromatic heterocycles.